The fraction of sp³-hybridized carbons (Fsp3) is 0.375. The number of nitrogens with zero attached hydrogens (tertiary/aromatic N) is 1. The van der Waals surface area contributed by atoms with Crippen LogP contribution in [0.25, 0.3) is 0 Å². The largest absolute Gasteiger partial charge is 0.325 e. The summed E-state index contributed by atoms with van der Waals surface area (Å²) in [6.45, 7) is 6.43. The lowest BCUT2D eigenvalue weighted by atomic mass is 10.00. The number of carbonyl (C=O) groups is 1. The van der Waals surface area contributed by atoms with Crippen molar-refractivity contribution in [3.63, 3.8) is 0 Å². The van der Waals surface area contributed by atoms with Gasteiger partial charge in [0.2, 0.25) is 5.91 Å². The Kier molecular flexibility index (Phi) is 5.09. The molecule has 1 unspecified atom stereocenters. The Hall–Kier alpha value is -1.72. The van der Waals surface area contributed by atoms with E-state index < -0.39 is 0 Å². The second-order valence-corrected chi connectivity index (χ2v) is 6.11. The summed E-state index contributed by atoms with van der Waals surface area (Å²) >= 11 is 1.63. The summed E-state index contributed by atoms with van der Waals surface area (Å²) in [6.07, 6.45) is 0.874. The van der Waals surface area contributed by atoms with Crippen molar-refractivity contribution in [3.05, 3.63) is 46.4 Å². The number of benzene rings is 1. The number of anilines is 1. The van der Waals surface area contributed by atoms with Gasteiger partial charge in [0, 0.05) is 16.8 Å². The molecule has 0 aliphatic rings. The van der Waals surface area contributed by atoms with E-state index in [1.807, 2.05) is 42.6 Å². The molecule has 1 aromatic heterocycles. The van der Waals surface area contributed by atoms with Crippen LogP contribution in [0.4, 0.5) is 5.69 Å². The van der Waals surface area contributed by atoms with Crippen LogP contribution >= 0.6 is 11.3 Å². The zero-order valence-corrected chi connectivity index (χ0v) is 13.5. The summed E-state index contributed by atoms with van der Waals surface area (Å²) in [7, 11) is 0. The highest BCUT2D eigenvalue weighted by Crippen LogP contribution is 2.27. The molecule has 5 heteroatoms. The van der Waals surface area contributed by atoms with Gasteiger partial charge in [-0.05, 0) is 32.4 Å². The first-order chi connectivity index (χ1) is 10.0. The molecule has 1 atom stereocenters. The van der Waals surface area contributed by atoms with Gasteiger partial charge in [0.15, 0.2) is 0 Å². The Morgan fingerprint density at radius 2 is 2.05 bits per heavy atom. The first-order valence-electron chi connectivity index (χ1n) is 7.06. The third kappa shape index (κ3) is 4.12. The summed E-state index contributed by atoms with van der Waals surface area (Å²) in [5.41, 5.74) is 1.56. The van der Waals surface area contributed by atoms with E-state index in [1.54, 1.807) is 11.3 Å². The maximum absolute atomic E-state index is 12.0. The number of nitrogens with one attached hydrogen (secondary N) is 2. The molecule has 0 aliphatic heterocycles. The van der Waals surface area contributed by atoms with Crippen molar-refractivity contribution in [1.29, 1.82) is 0 Å². The Balaban J connectivity index is 1.95. The number of hydrogen-bond acceptors (Lipinski definition) is 4. The normalized spacial score (nSPS) is 13.7. The summed E-state index contributed by atoms with van der Waals surface area (Å²) in [5.74, 6) is -0.0471. The average molecular weight is 303 g/mol. The topological polar surface area (TPSA) is 54.0 Å². The SMILES string of the molecule is CCC(C)(NCC(=O)Nc1ccccc1)c1nc(C)cs1. The average Bonchev–Trinajstić information content (AvgIpc) is 2.93. The van der Waals surface area contributed by atoms with Gasteiger partial charge in [0.25, 0.3) is 0 Å². The van der Waals surface area contributed by atoms with Crippen LogP contribution in [0.1, 0.15) is 31.0 Å². The summed E-state index contributed by atoms with van der Waals surface area (Å²) in [6, 6.07) is 9.48. The van der Waals surface area contributed by atoms with Crippen LogP contribution in [0.3, 0.4) is 0 Å². The molecule has 112 valence electrons. The molecule has 1 aromatic carbocycles. The van der Waals surface area contributed by atoms with Crippen LogP contribution in [0.2, 0.25) is 0 Å². The minimum atomic E-state index is -0.271. The summed E-state index contributed by atoms with van der Waals surface area (Å²) in [4.78, 5) is 16.6. The molecule has 0 saturated heterocycles. The molecule has 2 rings (SSSR count). The third-order valence-corrected chi connectivity index (χ3v) is 4.72. The van der Waals surface area contributed by atoms with Crippen molar-refractivity contribution in [1.82, 2.24) is 10.3 Å². The number of thiazole rings is 1. The van der Waals surface area contributed by atoms with Gasteiger partial charge in [-0.25, -0.2) is 4.98 Å². The number of para-hydroxylation sites is 1. The fourth-order valence-electron chi connectivity index (χ4n) is 1.96. The van der Waals surface area contributed by atoms with Gasteiger partial charge in [-0.3, -0.25) is 10.1 Å². The number of aromatic nitrogens is 1. The highest BCUT2D eigenvalue weighted by Gasteiger charge is 2.27. The lowest BCUT2D eigenvalue weighted by Gasteiger charge is -2.27. The van der Waals surface area contributed by atoms with Crippen molar-refractivity contribution < 1.29 is 4.79 Å². The molecule has 0 spiro atoms. The van der Waals surface area contributed by atoms with E-state index in [9.17, 15) is 4.79 Å². The van der Waals surface area contributed by atoms with Gasteiger partial charge in [-0.2, -0.15) is 0 Å². The number of hydrogen-bond donors (Lipinski definition) is 2. The molecule has 1 heterocycles. The molecule has 0 aliphatic carbocycles. The van der Waals surface area contributed by atoms with E-state index >= 15 is 0 Å². The van der Waals surface area contributed by atoms with Crippen molar-refractivity contribution in [2.45, 2.75) is 32.7 Å². The second kappa shape index (κ2) is 6.83. The molecule has 0 fully saturated rings. The fourth-order valence-corrected chi connectivity index (χ4v) is 2.97. The van der Waals surface area contributed by atoms with Gasteiger partial charge in [0.1, 0.15) is 5.01 Å². The highest BCUT2D eigenvalue weighted by atomic mass is 32.1. The maximum atomic E-state index is 12.0. The van der Waals surface area contributed by atoms with Crippen LogP contribution in [0.15, 0.2) is 35.7 Å². The smallest absolute Gasteiger partial charge is 0.238 e. The van der Waals surface area contributed by atoms with E-state index in [1.165, 1.54) is 0 Å². The Bertz CT molecular complexity index is 597. The lowest BCUT2D eigenvalue weighted by Crippen LogP contribution is -2.43. The molecular formula is C16H21N3OS. The highest BCUT2D eigenvalue weighted by molar-refractivity contribution is 7.09. The molecule has 2 N–H and O–H groups in total. The lowest BCUT2D eigenvalue weighted by molar-refractivity contribution is -0.115. The molecule has 0 saturated carbocycles. The molecule has 0 radical (unpaired) electrons. The zero-order chi connectivity index (χ0) is 15.3. The van der Waals surface area contributed by atoms with Gasteiger partial charge in [-0.15, -0.1) is 11.3 Å². The predicted octanol–water partition coefficient (Wildman–Crippen LogP) is 3.31. The quantitative estimate of drug-likeness (QED) is 0.861. The standard InChI is InChI=1S/C16H21N3OS/c1-4-16(3,15-18-12(2)11-21-15)17-10-14(20)19-13-8-6-5-7-9-13/h5-9,11,17H,4,10H2,1-3H3,(H,19,20). The molecule has 21 heavy (non-hydrogen) atoms. The van der Waals surface area contributed by atoms with E-state index in [4.69, 9.17) is 0 Å². The monoisotopic (exact) mass is 303 g/mol. The van der Waals surface area contributed by atoms with Crippen LogP contribution in [0, 0.1) is 6.92 Å². The maximum Gasteiger partial charge on any atom is 0.238 e. The van der Waals surface area contributed by atoms with Gasteiger partial charge < -0.3 is 5.32 Å². The third-order valence-electron chi connectivity index (χ3n) is 3.49. The van der Waals surface area contributed by atoms with Crippen molar-refractivity contribution in [2.24, 2.45) is 0 Å². The van der Waals surface area contributed by atoms with Gasteiger partial charge in [-0.1, -0.05) is 25.1 Å². The minimum absolute atomic E-state index is 0.0471. The van der Waals surface area contributed by atoms with E-state index in [0.29, 0.717) is 0 Å². The molecule has 4 nitrogen and oxygen atoms in total. The van der Waals surface area contributed by atoms with Crippen molar-refractivity contribution in [3.8, 4) is 0 Å². The van der Waals surface area contributed by atoms with Crippen LogP contribution in [0.5, 0.6) is 0 Å². The minimum Gasteiger partial charge on any atom is -0.325 e. The molecule has 2 aromatic rings. The molecule has 1 amide bonds. The Morgan fingerprint density at radius 1 is 1.33 bits per heavy atom. The predicted molar refractivity (Wildman–Crippen MR) is 87.6 cm³/mol. The number of rotatable bonds is 6. The summed E-state index contributed by atoms with van der Waals surface area (Å²) in [5, 5.41) is 9.27. The molecule has 0 bridgehead atoms. The van der Waals surface area contributed by atoms with Crippen molar-refractivity contribution >= 4 is 22.9 Å². The summed E-state index contributed by atoms with van der Waals surface area (Å²) < 4.78 is 0. The Labute approximate surface area is 129 Å². The van der Waals surface area contributed by atoms with E-state index in [-0.39, 0.29) is 18.0 Å². The second-order valence-electron chi connectivity index (χ2n) is 5.25. The first-order valence-corrected chi connectivity index (χ1v) is 7.94. The van der Waals surface area contributed by atoms with Gasteiger partial charge in [0.05, 0.1) is 12.1 Å². The van der Waals surface area contributed by atoms with Gasteiger partial charge >= 0.3 is 0 Å². The molecular weight excluding hydrogens is 282 g/mol. The van der Waals surface area contributed by atoms with Crippen LogP contribution in [-0.4, -0.2) is 17.4 Å². The number of amides is 1. The van der Waals surface area contributed by atoms with E-state index in [2.05, 4.69) is 29.5 Å². The van der Waals surface area contributed by atoms with Crippen LogP contribution in [-0.2, 0) is 10.3 Å². The van der Waals surface area contributed by atoms with E-state index in [0.717, 1.165) is 22.8 Å². The first kappa shape index (κ1) is 15.7. The van der Waals surface area contributed by atoms with Crippen molar-refractivity contribution in [2.75, 3.05) is 11.9 Å². The van der Waals surface area contributed by atoms with Crippen LogP contribution < -0.4 is 10.6 Å². The Morgan fingerprint density at radius 3 is 2.62 bits per heavy atom. The number of aryl methyl sites for hydroxylation is 1. The number of carbonyl (C=O) groups excluding carboxylic acids is 1. The zero-order valence-electron chi connectivity index (χ0n) is 12.6.